The first kappa shape index (κ1) is 25.8. The average molecular weight is 511 g/mol. The first-order valence-corrected chi connectivity index (χ1v) is 13.7. The van der Waals surface area contributed by atoms with Crippen molar-refractivity contribution in [2.24, 2.45) is 4.99 Å². The van der Waals surface area contributed by atoms with Gasteiger partial charge in [0.15, 0.2) is 0 Å². The molecule has 0 bridgehead atoms. The maximum atomic E-state index is 13.6. The summed E-state index contributed by atoms with van der Waals surface area (Å²) in [4.78, 5) is 23.1. The van der Waals surface area contributed by atoms with Crippen molar-refractivity contribution in [2.75, 3.05) is 0 Å². The highest BCUT2D eigenvalue weighted by atomic mass is 19.1. The summed E-state index contributed by atoms with van der Waals surface area (Å²) in [6.07, 6.45) is 15.4. The van der Waals surface area contributed by atoms with E-state index in [1.807, 2.05) is 25.1 Å². The average Bonchev–Trinajstić information content (AvgIpc) is 2.94. The topological polar surface area (TPSA) is 63.0 Å². The molecule has 4 aliphatic rings. The van der Waals surface area contributed by atoms with Crippen molar-refractivity contribution in [3.63, 3.8) is 0 Å². The maximum absolute atomic E-state index is 13.6. The van der Waals surface area contributed by atoms with Crippen LogP contribution in [-0.2, 0) is 6.42 Å². The van der Waals surface area contributed by atoms with E-state index < -0.39 is 0 Å². The molecule has 6 rings (SSSR count). The van der Waals surface area contributed by atoms with Gasteiger partial charge in [0.05, 0.1) is 33.5 Å². The van der Waals surface area contributed by atoms with Crippen LogP contribution in [0, 0.1) is 12.7 Å². The van der Waals surface area contributed by atoms with E-state index in [-0.39, 0.29) is 11.4 Å². The smallest absolute Gasteiger partial charge is 0.247 e. The summed E-state index contributed by atoms with van der Waals surface area (Å²) < 4.78 is 15.8. The third kappa shape index (κ3) is 5.85. The second-order valence-corrected chi connectivity index (χ2v) is 10.1. The third-order valence-corrected chi connectivity index (χ3v) is 7.36. The van der Waals surface area contributed by atoms with Gasteiger partial charge in [0, 0.05) is 18.0 Å². The minimum Gasteiger partial charge on any atom is -0.329 e. The highest BCUT2D eigenvalue weighted by Gasteiger charge is 2.16. The molecular weight excluding hydrogens is 475 g/mol. The Morgan fingerprint density at radius 1 is 1.03 bits per heavy atom. The Hall–Kier alpha value is -3.80. The fraction of sp³-hybridized carbons (Fsp3) is 0.344. The normalized spacial score (nSPS) is 15.7. The number of halogens is 1. The van der Waals surface area contributed by atoms with Gasteiger partial charge in [-0.3, -0.25) is 9.79 Å². The molecule has 0 amide bonds. The highest BCUT2D eigenvalue weighted by molar-refractivity contribution is 5.62. The van der Waals surface area contributed by atoms with E-state index >= 15 is 0 Å². The molecule has 3 aliphatic carbocycles. The molecule has 0 spiro atoms. The molecule has 1 fully saturated rings. The summed E-state index contributed by atoms with van der Waals surface area (Å²) in [6.45, 7) is 4.17. The molecule has 1 N–H and O–H groups in total. The summed E-state index contributed by atoms with van der Waals surface area (Å²) in [5, 5.41) is 3.15. The van der Waals surface area contributed by atoms with Gasteiger partial charge in [0.25, 0.3) is 0 Å². The molecule has 2 heterocycles. The zero-order chi connectivity index (χ0) is 26.5. The van der Waals surface area contributed by atoms with E-state index in [9.17, 15) is 9.18 Å². The second-order valence-electron chi connectivity index (χ2n) is 10.1. The molecule has 0 atom stereocenters. The standard InChI is InChI=1S/C25H26FN3.C7H9NO/c1-17-15-23-25(16-22(17)27-19-7-3-2-4-8-19)29(20-13-11-18(26)12-14-20)24-10-6-5-9-21(24)28-23;1-2-6-3-4-7(9)8-5-6/h9-16,19H,2-8H2,1H3;3-5H,2H2,1H3,(H,8,9). The zero-order valence-corrected chi connectivity index (χ0v) is 22.2. The lowest BCUT2D eigenvalue weighted by molar-refractivity contribution is 0.437. The summed E-state index contributed by atoms with van der Waals surface area (Å²) in [7, 11) is 0. The Bertz CT molecular complexity index is 1610. The van der Waals surface area contributed by atoms with Gasteiger partial charge in [-0.15, -0.1) is 0 Å². The molecule has 1 saturated carbocycles. The largest absolute Gasteiger partial charge is 0.329 e. The molecule has 5 nitrogen and oxygen atoms in total. The monoisotopic (exact) mass is 510 g/mol. The number of fused-ring (bicyclic) bond motifs is 2. The molecule has 1 aromatic heterocycles. The third-order valence-electron chi connectivity index (χ3n) is 7.36. The lowest BCUT2D eigenvalue weighted by Crippen LogP contribution is -2.40. The molecule has 6 heteroatoms. The number of hydrogen-bond acceptors (Lipinski definition) is 3. The van der Waals surface area contributed by atoms with E-state index in [0.717, 1.165) is 58.0 Å². The van der Waals surface area contributed by atoms with Gasteiger partial charge >= 0.3 is 0 Å². The van der Waals surface area contributed by atoms with Crippen molar-refractivity contribution in [3.8, 4) is 17.1 Å². The predicted octanol–water partition coefficient (Wildman–Crippen LogP) is 4.95. The van der Waals surface area contributed by atoms with Crippen molar-refractivity contribution in [1.82, 2.24) is 14.5 Å². The number of benzene rings is 2. The molecule has 2 aromatic rings. The number of aromatic amines is 1. The van der Waals surface area contributed by atoms with Crippen molar-refractivity contribution in [3.05, 3.63) is 98.1 Å². The summed E-state index contributed by atoms with van der Waals surface area (Å²) >= 11 is 0. The summed E-state index contributed by atoms with van der Waals surface area (Å²) in [5.74, 6) is -0.221. The maximum Gasteiger partial charge on any atom is 0.247 e. The molecule has 0 saturated heterocycles. The van der Waals surface area contributed by atoms with Crippen LogP contribution in [0.3, 0.4) is 0 Å². The fourth-order valence-electron chi connectivity index (χ4n) is 5.23. The van der Waals surface area contributed by atoms with Crippen LogP contribution in [0.15, 0.2) is 64.5 Å². The molecule has 0 radical (unpaired) electrons. The second kappa shape index (κ2) is 11.7. The Morgan fingerprint density at radius 2 is 1.79 bits per heavy atom. The molecular formula is C32H35FN4O. The quantitative estimate of drug-likeness (QED) is 0.424. The molecule has 1 aromatic carbocycles. The van der Waals surface area contributed by atoms with Crippen molar-refractivity contribution >= 4 is 12.2 Å². The highest BCUT2D eigenvalue weighted by Crippen LogP contribution is 2.22. The summed E-state index contributed by atoms with van der Waals surface area (Å²) in [5.41, 5.74) is 5.23. The Morgan fingerprint density at radius 3 is 2.50 bits per heavy atom. The van der Waals surface area contributed by atoms with Crippen LogP contribution in [0.4, 0.5) is 4.39 Å². The fourth-order valence-corrected chi connectivity index (χ4v) is 5.23. The molecule has 0 unspecified atom stereocenters. The van der Waals surface area contributed by atoms with Gasteiger partial charge in [-0.25, -0.2) is 9.37 Å². The van der Waals surface area contributed by atoms with Crippen LogP contribution in [0.25, 0.3) is 29.2 Å². The predicted molar refractivity (Wildman–Crippen MR) is 151 cm³/mol. The first-order chi connectivity index (χ1) is 18.5. The van der Waals surface area contributed by atoms with Crippen molar-refractivity contribution < 1.29 is 4.39 Å². The van der Waals surface area contributed by atoms with Crippen molar-refractivity contribution in [2.45, 2.75) is 71.3 Å². The van der Waals surface area contributed by atoms with Gasteiger partial charge in [-0.05, 0) is 86.6 Å². The van der Waals surface area contributed by atoms with E-state index in [0.29, 0.717) is 6.04 Å². The number of rotatable bonds is 3. The van der Waals surface area contributed by atoms with Gasteiger partial charge in [0.2, 0.25) is 5.56 Å². The minimum absolute atomic E-state index is 0.0350. The number of aryl methyl sites for hydroxylation is 2. The zero-order valence-electron chi connectivity index (χ0n) is 22.2. The van der Waals surface area contributed by atoms with E-state index in [4.69, 9.17) is 9.98 Å². The number of H-pyrrole nitrogens is 1. The molecule has 1 aliphatic heterocycles. The van der Waals surface area contributed by atoms with Crippen LogP contribution in [0.2, 0.25) is 0 Å². The van der Waals surface area contributed by atoms with Crippen LogP contribution < -0.4 is 21.6 Å². The van der Waals surface area contributed by atoms with Gasteiger partial charge in [-0.2, -0.15) is 0 Å². The number of nitrogens with one attached hydrogen (secondary N) is 1. The SMILES string of the molecule is CCc1ccc(=O)[nH]c1.Cc1cc2nc3c(n(-c4ccc(F)cc4)c-2cc1=NC1CCCCC1)=CCCC=3. The first-order valence-electron chi connectivity index (χ1n) is 13.7. The van der Waals surface area contributed by atoms with Gasteiger partial charge in [0.1, 0.15) is 5.82 Å². The number of hydrogen-bond donors (Lipinski definition) is 1. The van der Waals surface area contributed by atoms with E-state index in [1.54, 1.807) is 12.3 Å². The van der Waals surface area contributed by atoms with Gasteiger partial charge < -0.3 is 9.55 Å². The molecule has 38 heavy (non-hydrogen) atoms. The van der Waals surface area contributed by atoms with Gasteiger partial charge in [-0.1, -0.05) is 44.4 Å². The number of nitrogens with zero attached hydrogens (tertiary/aromatic N) is 3. The summed E-state index contributed by atoms with van der Waals surface area (Å²) in [6, 6.07) is 14.9. The van der Waals surface area contributed by atoms with E-state index in [1.165, 1.54) is 49.8 Å². The van der Waals surface area contributed by atoms with Crippen molar-refractivity contribution in [1.29, 1.82) is 0 Å². The number of pyridine rings is 1. The van der Waals surface area contributed by atoms with Crippen LogP contribution in [-0.4, -0.2) is 20.6 Å². The lowest BCUT2D eigenvalue weighted by atomic mass is 9.96. The Balaban J connectivity index is 0.000000278. The Kier molecular flexibility index (Phi) is 7.97. The van der Waals surface area contributed by atoms with Crippen LogP contribution in [0.1, 0.15) is 63.0 Å². The van der Waals surface area contributed by atoms with E-state index in [2.05, 4.69) is 40.8 Å². The Labute approximate surface area is 222 Å². The van der Waals surface area contributed by atoms with Crippen LogP contribution >= 0.6 is 0 Å². The number of aromatic nitrogens is 3. The minimum atomic E-state index is -0.221. The van der Waals surface area contributed by atoms with Crippen LogP contribution in [0.5, 0.6) is 0 Å². The lowest BCUT2D eigenvalue weighted by Gasteiger charge is -2.20. The molecule has 196 valence electrons.